The van der Waals surface area contributed by atoms with Crippen molar-refractivity contribution in [3.8, 4) is 11.1 Å². The van der Waals surface area contributed by atoms with Crippen LogP contribution in [0, 0.1) is 6.92 Å². The van der Waals surface area contributed by atoms with Crippen molar-refractivity contribution >= 4 is 11.7 Å². The topological polar surface area (TPSA) is 45.5 Å². The minimum Gasteiger partial charge on any atom is -0.464 e. The predicted molar refractivity (Wildman–Crippen MR) is 112 cm³/mol. The Hall–Kier alpha value is -3.01. The van der Waals surface area contributed by atoms with Crippen LogP contribution < -0.4 is 5.32 Å². The number of nitrogens with zero attached hydrogens (tertiary/aromatic N) is 1. The Labute approximate surface area is 166 Å². The highest BCUT2D eigenvalue weighted by atomic mass is 16.3. The zero-order valence-electron chi connectivity index (χ0n) is 16.2. The summed E-state index contributed by atoms with van der Waals surface area (Å²) in [6, 6.07) is 22.4. The molecule has 2 amide bonds. The van der Waals surface area contributed by atoms with E-state index >= 15 is 0 Å². The second kappa shape index (κ2) is 8.34. The van der Waals surface area contributed by atoms with Gasteiger partial charge in [0.25, 0.3) is 0 Å². The molecule has 1 aromatic heterocycles. The number of urea groups is 1. The van der Waals surface area contributed by atoms with Gasteiger partial charge in [-0.25, -0.2) is 4.79 Å². The molecule has 1 aliphatic carbocycles. The third-order valence-electron chi connectivity index (χ3n) is 5.39. The maximum atomic E-state index is 13.0. The number of anilines is 1. The van der Waals surface area contributed by atoms with Gasteiger partial charge in [-0.05, 0) is 55.2 Å². The first-order chi connectivity index (χ1) is 13.7. The van der Waals surface area contributed by atoms with Gasteiger partial charge in [0.2, 0.25) is 0 Å². The highest BCUT2D eigenvalue weighted by molar-refractivity contribution is 5.89. The summed E-state index contributed by atoms with van der Waals surface area (Å²) >= 11 is 0. The molecule has 0 bridgehead atoms. The predicted octanol–water partition coefficient (Wildman–Crippen LogP) is 6.23. The van der Waals surface area contributed by atoms with Crippen molar-refractivity contribution < 1.29 is 9.21 Å². The van der Waals surface area contributed by atoms with Gasteiger partial charge in [-0.3, -0.25) is 0 Å². The fourth-order valence-electron chi connectivity index (χ4n) is 3.89. The van der Waals surface area contributed by atoms with Crippen LogP contribution in [0.2, 0.25) is 0 Å². The number of hydrogen-bond donors (Lipinski definition) is 1. The number of aryl methyl sites for hydroxylation is 1. The lowest BCUT2D eigenvalue weighted by molar-refractivity contribution is 0.178. The van der Waals surface area contributed by atoms with E-state index in [1.807, 2.05) is 66.4 Å². The molecular weight excluding hydrogens is 348 g/mol. The summed E-state index contributed by atoms with van der Waals surface area (Å²) in [5, 5.41) is 3.07. The van der Waals surface area contributed by atoms with Crippen molar-refractivity contribution in [3.05, 3.63) is 78.3 Å². The molecule has 1 N–H and O–H groups in total. The number of rotatable bonds is 5. The average Bonchev–Trinajstić information content (AvgIpc) is 3.39. The Bertz CT molecular complexity index is 909. The van der Waals surface area contributed by atoms with E-state index in [0.29, 0.717) is 6.54 Å². The molecule has 1 heterocycles. The van der Waals surface area contributed by atoms with Gasteiger partial charge in [-0.15, -0.1) is 0 Å². The van der Waals surface area contributed by atoms with Gasteiger partial charge in [0.05, 0.1) is 6.54 Å². The average molecular weight is 374 g/mol. The molecule has 4 heteroatoms. The lowest BCUT2D eigenvalue weighted by Gasteiger charge is -2.28. The second-order valence-corrected chi connectivity index (χ2v) is 7.45. The summed E-state index contributed by atoms with van der Waals surface area (Å²) < 4.78 is 5.72. The smallest absolute Gasteiger partial charge is 0.322 e. The third-order valence-corrected chi connectivity index (χ3v) is 5.39. The van der Waals surface area contributed by atoms with E-state index in [1.165, 1.54) is 18.4 Å². The highest BCUT2D eigenvalue weighted by Gasteiger charge is 2.27. The number of hydrogen-bond acceptors (Lipinski definition) is 2. The molecule has 1 saturated carbocycles. The normalized spacial score (nSPS) is 14.2. The Kier molecular flexibility index (Phi) is 5.47. The Balaban J connectivity index is 1.47. The van der Waals surface area contributed by atoms with Crippen LogP contribution in [0.15, 0.2) is 71.1 Å². The number of benzene rings is 2. The van der Waals surface area contributed by atoms with Crippen molar-refractivity contribution in [2.75, 3.05) is 5.32 Å². The number of amides is 2. The lowest BCUT2D eigenvalue weighted by atomic mass is 10.1. The highest BCUT2D eigenvalue weighted by Crippen LogP contribution is 2.27. The number of carbonyl (C=O) groups is 1. The zero-order chi connectivity index (χ0) is 19.3. The maximum Gasteiger partial charge on any atom is 0.322 e. The quantitative estimate of drug-likeness (QED) is 0.575. The minimum atomic E-state index is -0.0617. The van der Waals surface area contributed by atoms with E-state index in [9.17, 15) is 4.79 Å². The Morgan fingerprint density at radius 2 is 1.64 bits per heavy atom. The molecule has 0 saturated heterocycles. The van der Waals surface area contributed by atoms with Crippen LogP contribution in [-0.2, 0) is 6.54 Å². The third kappa shape index (κ3) is 4.28. The molecule has 0 radical (unpaired) electrons. The standard InChI is InChI=1S/C24H26N2O2/c1-18-11-16-23(28-18)17-26(22-9-5-6-10-22)24(27)25-21-14-12-20(13-15-21)19-7-3-2-4-8-19/h2-4,7-8,11-16,22H,5-6,9-10,17H2,1H3,(H,25,27). The molecular formula is C24H26N2O2. The van der Waals surface area contributed by atoms with Crippen molar-refractivity contribution in [2.24, 2.45) is 0 Å². The molecule has 0 aliphatic heterocycles. The minimum absolute atomic E-state index is 0.0617. The fraction of sp³-hybridized carbons (Fsp3) is 0.292. The van der Waals surface area contributed by atoms with Crippen LogP contribution in [0.3, 0.4) is 0 Å². The summed E-state index contributed by atoms with van der Waals surface area (Å²) in [5.74, 6) is 1.71. The van der Waals surface area contributed by atoms with Crippen LogP contribution in [0.25, 0.3) is 11.1 Å². The molecule has 1 fully saturated rings. The van der Waals surface area contributed by atoms with E-state index in [1.54, 1.807) is 0 Å². The van der Waals surface area contributed by atoms with Crippen molar-refractivity contribution in [1.82, 2.24) is 4.90 Å². The summed E-state index contributed by atoms with van der Waals surface area (Å²) in [5.41, 5.74) is 3.11. The molecule has 4 rings (SSSR count). The van der Waals surface area contributed by atoms with Gasteiger partial charge in [0, 0.05) is 11.7 Å². The van der Waals surface area contributed by atoms with Crippen LogP contribution in [0.1, 0.15) is 37.2 Å². The summed E-state index contributed by atoms with van der Waals surface area (Å²) in [7, 11) is 0. The van der Waals surface area contributed by atoms with Crippen LogP contribution in [0.5, 0.6) is 0 Å². The van der Waals surface area contributed by atoms with Crippen LogP contribution in [-0.4, -0.2) is 17.0 Å². The number of nitrogens with one attached hydrogen (secondary N) is 1. The molecule has 0 unspecified atom stereocenters. The molecule has 144 valence electrons. The van der Waals surface area contributed by atoms with Crippen LogP contribution >= 0.6 is 0 Å². The van der Waals surface area contributed by atoms with E-state index in [0.717, 1.165) is 35.6 Å². The molecule has 28 heavy (non-hydrogen) atoms. The second-order valence-electron chi connectivity index (χ2n) is 7.45. The van der Waals surface area contributed by atoms with Gasteiger partial charge < -0.3 is 14.6 Å². The molecule has 1 aliphatic rings. The molecule has 0 atom stereocenters. The van der Waals surface area contributed by atoms with E-state index < -0.39 is 0 Å². The van der Waals surface area contributed by atoms with E-state index in [2.05, 4.69) is 17.4 Å². The summed E-state index contributed by atoms with van der Waals surface area (Å²) in [6.07, 6.45) is 4.47. The Morgan fingerprint density at radius 1 is 0.964 bits per heavy atom. The first kappa shape index (κ1) is 18.4. The summed E-state index contributed by atoms with van der Waals surface area (Å²) in [6.45, 7) is 2.43. The maximum absolute atomic E-state index is 13.0. The molecule has 3 aromatic rings. The molecule has 4 nitrogen and oxygen atoms in total. The molecule has 2 aromatic carbocycles. The van der Waals surface area contributed by atoms with Crippen LogP contribution in [0.4, 0.5) is 10.5 Å². The van der Waals surface area contributed by atoms with Gasteiger partial charge in [0.15, 0.2) is 0 Å². The van der Waals surface area contributed by atoms with E-state index in [4.69, 9.17) is 4.42 Å². The number of furan rings is 1. The van der Waals surface area contributed by atoms with Gasteiger partial charge in [-0.2, -0.15) is 0 Å². The first-order valence-electron chi connectivity index (χ1n) is 9.97. The summed E-state index contributed by atoms with van der Waals surface area (Å²) in [4.78, 5) is 15.0. The monoisotopic (exact) mass is 374 g/mol. The number of carbonyl (C=O) groups excluding carboxylic acids is 1. The first-order valence-corrected chi connectivity index (χ1v) is 9.97. The van der Waals surface area contributed by atoms with Gasteiger partial charge >= 0.3 is 6.03 Å². The molecule has 0 spiro atoms. The largest absolute Gasteiger partial charge is 0.464 e. The Morgan fingerprint density at radius 3 is 2.29 bits per heavy atom. The lowest BCUT2D eigenvalue weighted by Crippen LogP contribution is -2.41. The van der Waals surface area contributed by atoms with Gasteiger partial charge in [0.1, 0.15) is 11.5 Å². The van der Waals surface area contributed by atoms with Crippen molar-refractivity contribution in [2.45, 2.75) is 45.2 Å². The van der Waals surface area contributed by atoms with Crippen molar-refractivity contribution in [3.63, 3.8) is 0 Å². The van der Waals surface area contributed by atoms with Gasteiger partial charge in [-0.1, -0.05) is 55.3 Å². The van der Waals surface area contributed by atoms with E-state index in [-0.39, 0.29) is 12.1 Å². The van der Waals surface area contributed by atoms with Crippen molar-refractivity contribution in [1.29, 1.82) is 0 Å². The zero-order valence-corrected chi connectivity index (χ0v) is 16.2. The fourth-order valence-corrected chi connectivity index (χ4v) is 3.89. The SMILES string of the molecule is Cc1ccc(CN(C(=O)Nc2ccc(-c3ccccc3)cc2)C2CCCC2)o1.